The number of likely N-dealkylation sites (N-methyl/N-ethyl adjacent to an activating group) is 1. The number of anilines is 2. The second-order valence-electron chi connectivity index (χ2n) is 7.20. The van der Waals surface area contributed by atoms with Crippen molar-refractivity contribution in [2.45, 2.75) is 13.3 Å². The number of nitrogens with one attached hydrogen (secondary N) is 1. The van der Waals surface area contributed by atoms with Crippen LogP contribution in [0.15, 0.2) is 40.9 Å². The van der Waals surface area contributed by atoms with E-state index in [-0.39, 0.29) is 31.1 Å². The lowest BCUT2D eigenvalue weighted by Gasteiger charge is -2.21. The molecule has 1 fully saturated rings. The van der Waals surface area contributed by atoms with Gasteiger partial charge in [0.25, 0.3) is 0 Å². The summed E-state index contributed by atoms with van der Waals surface area (Å²) in [4.78, 5) is 39.7. The Kier molecular flexibility index (Phi) is 6.50. The van der Waals surface area contributed by atoms with E-state index in [1.807, 2.05) is 13.0 Å². The van der Waals surface area contributed by atoms with Crippen molar-refractivity contribution in [2.75, 3.05) is 30.4 Å². The summed E-state index contributed by atoms with van der Waals surface area (Å²) in [6, 6.07) is 8.33. The summed E-state index contributed by atoms with van der Waals surface area (Å²) in [7, 11) is 1.47. The highest BCUT2D eigenvalue weighted by atomic mass is 79.9. The third-order valence-electron chi connectivity index (χ3n) is 4.89. The van der Waals surface area contributed by atoms with Gasteiger partial charge in [-0.05, 0) is 42.8 Å². The molecule has 1 N–H and O–H groups in total. The summed E-state index contributed by atoms with van der Waals surface area (Å²) in [5.41, 5.74) is 1.44. The van der Waals surface area contributed by atoms with Gasteiger partial charge in [0, 0.05) is 36.2 Å². The third-order valence-corrected chi connectivity index (χ3v) is 5.39. The molecule has 2 aromatic carbocycles. The van der Waals surface area contributed by atoms with Crippen molar-refractivity contribution in [1.29, 1.82) is 0 Å². The molecule has 1 unspecified atom stereocenters. The molecule has 158 valence electrons. The second kappa shape index (κ2) is 8.91. The first-order chi connectivity index (χ1) is 14.2. The summed E-state index contributed by atoms with van der Waals surface area (Å²) in [5.74, 6) is -3.52. The maximum Gasteiger partial charge on any atom is 0.243 e. The maximum absolute atomic E-state index is 14.0. The molecular weight excluding hydrogens is 460 g/mol. The Labute approximate surface area is 181 Å². The molecule has 1 aliphatic heterocycles. The van der Waals surface area contributed by atoms with Crippen LogP contribution in [-0.2, 0) is 14.4 Å². The Morgan fingerprint density at radius 3 is 2.63 bits per heavy atom. The summed E-state index contributed by atoms with van der Waals surface area (Å²) < 4.78 is 28.0. The molecule has 1 atom stereocenters. The fourth-order valence-electron chi connectivity index (χ4n) is 3.37. The van der Waals surface area contributed by atoms with Crippen molar-refractivity contribution >= 4 is 45.0 Å². The smallest absolute Gasteiger partial charge is 0.243 e. The minimum absolute atomic E-state index is 0.0298. The quantitative estimate of drug-likeness (QED) is 0.713. The number of carbonyl (C=O) groups excluding carboxylic acids is 3. The van der Waals surface area contributed by atoms with Crippen LogP contribution in [0.25, 0.3) is 0 Å². The highest BCUT2D eigenvalue weighted by Crippen LogP contribution is 2.28. The average Bonchev–Trinajstić information content (AvgIpc) is 3.04. The minimum atomic E-state index is -0.867. The zero-order valence-corrected chi connectivity index (χ0v) is 18.0. The molecule has 9 heteroatoms. The highest BCUT2D eigenvalue weighted by Gasteiger charge is 2.37. The van der Waals surface area contributed by atoms with E-state index in [0.717, 1.165) is 21.0 Å². The van der Waals surface area contributed by atoms with E-state index in [1.54, 1.807) is 12.1 Å². The van der Waals surface area contributed by atoms with Crippen LogP contribution in [0.5, 0.6) is 0 Å². The molecule has 0 spiro atoms. The Hall–Kier alpha value is -2.81. The topological polar surface area (TPSA) is 69.7 Å². The van der Waals surface area contributed by atoms with Gasteiger partial charge in [0.2, 0.25) is 17.7 Å². The Balaban J connectivity index is 1.62. The molecule has 1 aliphatic rings. The molecule has 3 rings (SSSR count). The van der Waals surface area contributed by atoms with Gasteiger partial charge >= 0.3 is 0 Å². The molecule has 0 saturated carbocycles. The Morgan fingerprint density at radius 1 is 1.23 bits per heavy atom. The van der Waals surface area contributed by atoms with Gasteiger partial charge in [-0.3, -0.25) is 14.4 Å². The molecule has 0 aliphatic carbocycles. The lowest BCUT2D eigenvalue weighted by molar-refractivity contribution is -0.137. The van der Waals surface area contributed by atoms with Gasteiger partial charge in [0.05, 0.1) is 18.2 Å². The number of halogens is 3. The van der Waals surface area contributed by atoms with Gasteiger partial charge in [-0.1, -0.05) is 15.9 Å². The molecule has 0 aromatic heterocycles. The molecular formula is C21H20BrF2N3O3. The van der Waals surface area contributed by atoms with Crippen molar-refractivity contribution < 1.29 is 23.2 Å². The van der Waals surface area contributed by atoms with Crippen LogP contribution in [0, 0.1) is 24.5 Å². The van der Waals surface area contributed by atoms with E-state index in [4.69, 9.17) is 0 Å². The van der Waals surface area contributed by atoms with E-state index in [0.29, 0.717) is 11.8 Å². The van der Waals surface area contributed by atoms with Crippen molar-refractivity contribution in [3.8, 4) is 0 Å². The molecule has 3 amide bonds. The fourth-order valence-corrected chi connectivity index (χ4v) is 3.84. The lowest BCUT2D eigenvalue weighted by Crippen LogP contribution is -2.39. The van der Waals surface area contributed by atoms with Crippen molar-refractivity contribution in [3.63, 3.8) is 0 Å². The predicted molar refractivity (Wildman–Crippen MR) is 112 cm³/mol. The lowest BCUT2D eigenvalue weighted by atomic mass is 10.1. The first-order valence-corrected chi connectivity index (χ1v) is 10.0. The average molecular weight is 480 g/mol. The van der Waals surface area contributed by atoms with Crippen LogP contribution in [0.2, 0.25) is 0 Å². The molecule has 6 nitrogen and oxygen atoms in total. The second-order valence-corrected chi connectivity index (χ2v) is 8.12. The van der Waals surface area contributed by atoms with Crippen LogP contribution in [0.4, 0.5) is 20.2 Å². The van der Waals surface area contributed by atoms with Gasteiger partial charge in [-0.2, -0.15) is 0 Å². The van der Waals surface area contributed by atoms with Crippen LogP contribution in [-0.4, -0.2) is 42.8 Å². The summed E-state index contributed by atoms with van der Waals surface area (Å²) >= 11 is 3.35. The van der Waals surface area contributed by atoms with E-state index >= 15 is 0 Å². The number of benzene rings is 2. The molecule has 30 heavy (non-hydrogen) atoms. The van der Waals surface area contributed by atoms with Gasteiger partial charge in [-0.15, -0.1) is 0 Å². The zero-order chi connectivity index (χ0) is 22.0. The number of rotatable bonds is 5. The fraction of sp³-hybridized carbons (Fsp3) is 0.286. The Bertz CT molecular complexity index is 1010. The van der Waals surface area contributed by atoms with E-state index in [2.05, 4.69) is 21.2 Å². The first kappa shape index (κ1) is 21.9. The summed E-state index contributed by atoms with van der Waals surface area (Å²) in [6.45, 7) is 1.63. The summed E-state index contributed by atoms with van der Waals surface area (Å²) in [5, 5.41) is 2.75. The van der Waals surface area contributed by atoms with Gasteiger partial charge in [0.15, 0.2) is 0 Å². The maximum atomic E-state index is 14.0. The Morgan fingerprint density at radius 2 is 1.97 bits per heavy atom. The molecule has 0 radical (unpaired) electrons. The predicted octanol–water partition coefficient (Wildman–Crippen LogP) is 3.49. The van der Waals surface area contributed by atoms with Crippen LogP contribution >= 0.6 is 15.9 Å². The molecule has 2 aromatic rings. The van der Waals surface area contributed by atoms with E-state index in [9.17, 15) is 23.2 Å². The molecule has 0 bridgehead atoms. The van der Waals surface area contributed by atoms with Gasteiger partial charge in [-0.25, -0.2) is 8.78 Å². The minimum Gasteiger partial charge on any atom is -0.336 e. The van der Waals surface area contributed by atoms with Crippen LogP contribution < -0.4 is 10.2 Å². The monoisotopic (exact) mass is 479 g/mol. The van der Waals surface area contributed by atoms with Crippen molar-refractivity contribution in [2.24, 2.45) is 5.92 Å². The zero-order valence-electron chi connectivity index (χ0n) is 16.4. The van der Waals surface area contributed by atoms with E-state index < -0.39 is 29.4 Å². The number of carbonyl (C=O) groups is 3. The normalized spacial score (nSPS) is 16.0. The number of hydrogen-bond acceptors (Lipinski definition) is 3. The largest absolute Gasteiger partial charge is 0.336 e. The van der Waals surface area contributed by atoms with E-state index in [1.165, 1.54) is 18.0 Å². The van der Waals surface area contributed by atoms with Gasteiger partial charge in [0.1, 0.15) is 11.6 Å². The van der Waals surface area contributed by atoms with Gasteiger partial charge < -0.3 is 15.1 Å². The number of hydrogen-bond donors (Lipinski definition) is 1. The third kappa shape index (κ3) is 4.84. The van der Waals surface area contributed by atoms with Crippen molar-refractivity contribution in [1.82, 2.24) is 4.90 Å². The van der Waals surface area contributed by atoms with Crippen LogP contribution in [0.1, 0.15) is 12.0 Å². The number of amides is 3. The number of nitrogens with zero attached hydrogens (tertiary/aromatic N) is 2. The SMILES string of the molecule is Cc1cc(Br)ccc1NC(=O)CN(C)C(=O)C1CC(=O)N(c2ccc(F)cc2F)C1. The standard InChI is InChI=1S/C21H20BrF2N3O3/c1-12-7-14(22)3-5-17(12)25-19(28)11-26(2)21(30)13-8-20(29)27(10-13)18-6-4-15(23)9-16(18)24/h3-7,9,13H,8,10-11H2,1-2H3,(H,25,28). The molecule has 1 heterocycles. The summed E-state index contributed by atoms with van der Waals surface area (Å²) in [6.07, 6.45) is -0.104. The number of aryl methyl sites for hydroxylation is 1. The van der Waals surface area contributed by atoms with Crippen molar-refractivity contribution in [3.05, 3.63) is 58.1 Å². The first-order valence-electron chi connectivity index (χ1n) is 9.22. The molecule has 1 saturated heterocycles. The van der Waals surface area contributed by atoms with Crippen LogP contribution in [0.3, 0.4) is 0 Å². The highest BCUT2D eigenvalue weighted by molar-refractivity contribution is 9.10.